The molecule has 0 spiro atoms. The van der Waals surface area contributed by atoms with E-state index in [2.05, 4.69) is 24.1 Å². The lowest BCUT2D eigenvalue weighted by Gasteiger charge is -2.19. The first-order chi connectivity index (χ1) is 7.04. The third kappa shape index (κ3) is 3.55. The van der Waals surface area contributed by atoms with Gasteiger partial charge in [0.15, 0.2) is 0 Å². The monoisotopic (exact) mass is 228 g/mol. The van der Waals surface area contributed by atoms with Gasteiger partial charge < -0.3 is 10.4 Å². The van der Waals surface area contributed by atoms with Gasteiger partial charge in [-0.25, -0.2) is 4.98 Å². The first kappa shape index (κ1) is 12.6. The van der Waals surface area contributed by atoms with Crippen LogP contribution in [0.25, 0.3) is 0 Å². The van der Waals surface area contributed by atoms with Gasteiger partial charge in [0.25, 0.3) is 0 Å². The normalized spacial score (nSPS) is 13.5. The predicted molar refractivity (Wildman–Crippen MR) is 64.1 cm³/mol. The highest BCUT2D eigenvalue weighted by Gasteiger charge is 2.12. The highest BCUT2D eigenvalue weighted by molar-refractivity contribution is 7.11. The zero-order valence-electron chi connectivity index (χ0n) is 9.87. The predicted octanol–water partition coefficient (Wildman–Crippen LogP) is 1.87. The van der Waals surface area contributed by atoms with Crippen molar-refractivity contribution in [1.29, 1.82) is 0 Å². The van der Waals surface area contributed by atoms with Crippen molar-refractivity contribution in [1.82, 2.24) is 10.3 Å². The van der Waals surface area contributed by atoms with Crippen LogP contribution in [0, 0.1) is 19.8 Å². The van der Waals surface area contributed by atoms with Gasteiger partial charge >= 0.3 is 0 Å². The third-order valence-corrected chi connectivity index (χ3v) is 3.60. The van der Waals surface area contributed by atoms with Crippen LogP contribution in [-0.4, -0.2) is 22.7 Å². The van der Waals surface area contributed by atoms with E-state index in [9.17, 15) is 5.11 Å². The van der Waals surface area contributed by atoms with Gasteiger partial charge in [-0.1, -0.05) is 13.8 Å². The second-order valence-corrected chi connectivity index (χ2v) is 5.44. The molecule has 0 aliphatic carbocycles. The Morgan fingerprint density at radius 3 is 2.47 bits per heavy atom. The van der Waals surface area contributed by atoms with Crippen LogP contribution >= 0.6 is 11.3 Å². The van der Waals surface area contributed by atoms with Crippen molar-refractivity contribution in [2.45, 2.75) is 40.3 Å². The number of thiazole rings is 1. The minimum Gasteiger partial charge on any atom is -0.395 e. The van der Waals surface area contributed by atoms with Crippen molar-refractivity contribution in [3.05, 3.63) is 15.6 Å². The van der Waals surface area contributed by atoms with E-state index < -0.39 is 0 Å². The summed E-state index contributed by atoms with van der Waals surface area (Å²) in [4.78, 5) is 5.65. The standard InChI is InChI=1S/C11H20N2OS/c1-7(2)10(6-14)12-5-11-8(3)13-9(4)15-11/h7,10,12,14H,5-6H2,1-4H3. The maximum Gasteiger partial charge on any atom is 0.0900 e. The molecule has 1 aromatic heterocycles. The van der Waals surface area contributed by atoms with E-state index in [4.69, 9.17) is 0 Å². The number of hydrogen-bond donors (Lipinski definition) is 2. The van der Waals surface area contributed by atoms with E-state index >= 15 is 0 Å². The second-order valence-electron chi connectivity index (χ2n) is 4.16. The van der Waals surface area contributed by atoms with Crippen molar-refractivity contribution in [2.75, 3.05) is 6.61 Å². The van der Waals surface area contributed by atoms with E-state index in [-0.39, 0.29) is 12.6 Å². The Hall–Kier alpha value is -0.450. The van der Waals surface area contributed by atoms with Crippen molar-refractivity contribution >= 4 is 11.3 Å². The van der Waals surface area contributed by atoms with Crippen LogP contribution in [-0.2, 0) is 6.54 Å². The van der Waals surface area contributed by atoms with Gasteiger partial charge in [0.05, 0.1) is 17.3 Å². The van der Waals surface area contributed by atoms with Gasteiger partial charge in [-0.05, 0) is 19.8 Å². The van der Waals surface area contributed by atoms with Gasteiger partial charge in [-0.3, -0.25) is 0 Å². The molecule has 3 nitrogen and oxygen atoms in total. The van der Waals surface area contributed by atoms with Crippen LogP contribution in [0.15, 0.2) is 0 Å². The van der Waals surface area contributed by atoms with Crippen LogP contribution < -0.4 is 5.32 Å². The molecule has 1 atom stereocenters. The van der Waals surface area contributed by atoms with Crippen molar-refractivity contribution < 1.29 is 5.11 Å². The fourth-order valence-corrected chi connectivity index (χ4v) is 2.36. The zero-order chi connectivity index (χ0) is 11.4. The molecule has 2 N–H and O–H groups in total. The van der Waals surface area contributed by atoms with Gasteiger partial charge in [0.1, 0.15) is 0 Å². The highest BCUT2D eigenvalue weighted by Crippen LogP contribution is 2.17. The molecule has 4 heteroatoms. The molecule has 0 aliphatic heterocycles. The summed E-state index contributed by atoms with van der Waals surface area (Å²) < 4.78 is 0. The molecule has 0 saturated carbocycles. The number of rotatable bonds is 5. The fraction of sp³-hybridized carbons (Fsp3) is 0.727. The summed E-state index contributed by atoms with van der Waals surface area (Å²) in [6.07, 6.45) is 0. The molecule has 0 fully saturated rings. The molecule has 1 aromatic rings. The Morgan fingerprint density at radius 2 is 2.07 bits per heavy atom. The zero-order valence-corrected chi connectivity index (χ0v) is 10.7. The quantitative estimate of drug-likeness (QED) is 0.808. The molecule has 86 valence electrons. The molecule has 1 unspecified atom stereocenters. The summed E-state index contributed by atoms with van der Waals surface area (Å²) in [5.41, 5.74) is 1.10. The molecule has 0 aromatic carbocycles. The second kappa shape index (κ2) is 5.58. The van der Waals surface area contributed by atoms with E-state index in [0.717, 1.165) is 17.2 Å². The molecule has 0 amide bonds. The Labute approximate surface area is 95.6 Å². The van der Waals surface area contributed by atoms with Gasteiger partial charge in [-0.15, -0.1) is 11.3 Å². The summed E-state index contributed by atoms with van der Waals surface area (Å²) in [5.74, 6) is 0.448. The van der Waals surface area contributed by atoms with Crippen LogP contribution in [0.2, 0.25) is 0 Å². The molecule has 0 radical (unpaired) electrons. The topological polar surface area (TPSA) is 45.2 Å². The van der Waals surface area contributed by atoms with Crippen molar-refractivity contribution in [2.24, 2.45) is 5.92 Å². The number of nitrogens with one attached hydrogen (secondary N) is 1. The molecule has 0 aliphatic rings. The van der Waals surface area contributed by atoms with Crippen LogP contribution in [0.4, 0.5) is 0 Å². The Kier molecular flexibility index (Phi) is 4.70. The van der Waals surface area contributed by atoms with Gasteiger partial charge in [-0.2, -0.15) is 0 Å². The van der Waals surface area contributed by atoms with Crippen LogP contribution in [0.1, 0.15) is 29.4 Å². The molecule has 0 bridgehead atoms. The maximum absolute atomic E-state index is 9.17. The lowest BCUT2D eigenvalue weighted by Crippen LogP contribution is -2.36. The highest BCUT2D eigenvalue weighted by atomic mass is 32.1. The summed E-state index contributed by atoms with van der Waals surface area (Å²) in [6, 6.07) is 0.173. The summed E-state index contributed by atoms with van der Waals surface area (Å²) in [5, 5.41) is 13.6. The summed E-state index contributed by atoms with van der Waals surface area (Å²) in [6.45, 7) is 9.27. The minimum absolute atomic E-state index is 0.173. The number of hydrogen-bond acceptors (Lipinski definition) is 4. The van der Waals surface area contributed by atoms with Crippen molar-refractivity contribution in [3.8, 4) is 0 Å². The number of nitrogens with zero attached hydrogens (tertiary/aromatic N) is 1. The molecule has 1 heterocycles. The molecule has 15 heavy (non-hydrogen) atoms. The average Bonchev–Trinajstić information content (AvgIpc) is 2.45. The van der Waals surface area contributed by atoms with Gasteiger partial charge in [0, 0.05) is 17.5 Å². The van der Waals surface area contributed by atoms with Crippen LogP contribution in [0.3, 0.4) is 0 Å². The number of aliphatic hydroxyl groups is 1. The molecular weight excluding hydrogens is 208 g/mol. The molecule has 1 rings (SSSR count). The number of aliphatic hydroxyl groups excluding tert-OH is 1. The SMILES string of the molecule is Cc1nc(C)c(CNC(CO)C(C)C)s1. The van der Waals surface area contributed by atoms with E-state index in [1.165, 1.54) is 4.88 Å². The summed E-state index contributed by atoms with van der Waals surface area (Å²) >= 11 is 1.72. The Bertz CT molecular complexity index is 310. The van der Waals surface area contributed by atoms with Crippen molar-refractivity contribution in [3.63, 3.8) is 0 Å². The Morgan fingerprint density at radius 1 is 1.40 bits per heavy atom. The van der Waals surface area contributed by atoms with E-state index in [1.807, 2.05) is 13.8 Å². The summed E-state index contributed by atoms with van der Waals surface area (Å²) in [7, 11) is 0. The lowest BCUT2D eigenvalue weighted by atomic mass is 10.1. The lowest BCUT2D eigenvalue weighted by molar-refractivity contribution is 0.210. The van der Waals surface area contributed by atoms with Gasteiger partial charge in [0.2, 0.25) is 0 Å². The smallest absolute Gasteiger partial charge is 0.0900 e. The maximum atomic E-state index is 9.17. The Balaban J connectivity index is 2.52. The van der Waals surface area contributed by atoms with E-state index in [1.54, 1.807) is 11.3 Å². The largest absolute Gasteiger partial charge is 0.395 e. The first-order valence-electron chi connectivity index (χ1n) is 5.31. The molecule has 0 saturated heterocycles. The fourth-order valence-electron chi connectivity index (χ4n) is 1.47. The average molecular weight is 228 g/mol. The molecular formula is C11H20N2OS. The van der Waals surface area contributed by atoms with Crippen LogP contribution in [0.5, 0.6) is 0 Å². The number of aromatic nitrogens is 1. The minimum atomic E-state index is 0.173. The number of aryl methyl sites for hydroxylation is 2. The first-order valence-corrected chi connectivity index (χ1v) is 6.13. The third-order valence-electron chi connectivity index (χ3n) is 2.53. The van der Waals surface area contributed by atoms with E-state index in [0.29, 0.717) is 5.92 Å².